The van der Waals surface area contributed by atoms with Crippen LogP contribution < -0.4 is 0 Å². The van der Waals surface area contributed by atoms with Gasteiger partial charge in [-0.15, -0.1) is 0 Å². The van der Waals surface area contributed by atoms with Gasteiger partial charge in [0, 0.05) is 0 Å². The molecule has 1 nitrogen and oxygen atoms in total. The molecule has 10 heavy (non-hydrogen) atoms. The second-order valence-corrected chi connectivity index (χ2v) is 2.34. The first-order chi connectivity index (χ1) is 4.57. The van der Waals surface area contributed by atoms with Crippen molar-refractivity contribution >= 4 is 11.6 Å². The van der Waals surface area contributed by atoms with E-state index in [4.69, 9.17) is 16.9 Å². The number of hydrogen-bond acceptors (Lipinski definition) is 1. The van der Waals surface area contributed by atoms with Gasteiger partial charge in [-0.1, -0.05) is 30.3 Å². The minimum absolute atomic E-state index is 0.268. The van der Waals surface area contributed by atoms with Gasteiger partial charge in [-0.05, 0) is 13.0 Å². The van der Waals surface area contributed by atoms with Crippen LogP contribution in [0.3, 0.4) is 0 Å². The maximum absolute atomic E-state index is 8.31. The zero-order valence-electron chi connectivity index (χ0n) is 5.82. The standard InChI is InChI=1S/C8H8ClN/c1-6(2)4-8(9)7(3)5-10/h4H,1,3H2,2H3/b8-4+. The monoisotopic (exact) mass is 153 g/mol. The summed E-state index contributed by atoms with van der Waals surface area (Å²) in [5, 5.41) is 8.67. The topological polar surface area (TPSA) is 23.8 Å². The average Bonchev–Trinajstić information content (AvgIpc) is 1.85. The third kappa shape index (κ3) is 3.11. The van der Waals surface area contributed by atoms with Gasteiger partial charge in [0.1, 0.15) is 6.07 Å². The van der Waals surface area contributed by atoms with Crippen LogP contribution in [-0.4, -0.2) is 0 Å². The quantitative estimate of drug-likeness (QED) is 0.442. The molecule has 0 aromatic carbocycles. The fourth-order valence-electron chi connectivity index (χ4n) is 0.357. The average molecular weight is 154 g/mol. The zero-order chi connectivity index (χ0) is 8.15. The minimum Gasteiger partial charge on any atom is -0.192 e. The molecule has 0 N–H and O–H groups in total. The lowest BCUT2D eigenvalue weighted by Gasteiger charge is -1.91. The third-order valence-electron chi connectivity index (χ3n) is 0.796. The fourth-order valence-corrected chi connectivity index (χ4v) is 0.585. The highest BCUT2D eigenvalue weighted by atomic mass is 35.5. The highest BCUT2D eigenvalue weighted by molar-refractivity contribution is 6.32. The summed E-state index contributed by atoms with van der Waals surface area (Å²) in [6.07, 6.45) is 1.60. The molecule has 0 aliphatic heterocycles. The van der Waals surface area contributed by atoms with Crippen LogP contribution >= 0.6 is 11.6 Å². The summed E-state index contributed by atoms with van der Waals surface area (Å²) in [4.78, 5) is 0. The van der Waals surface area contributed by atoms with E-state index in [2.05, 4.69) is 13.2 Å². The molecule has 0 aromatic rings. The van der Waals surface area contributed by atoms with Gasteiger partial charge < -0.3 is 0 Å². The zero-order valence-corrected chi connectivity index (χ0v) is 6.57. The second-order valence-electron chi connectivity index (χ2n) is 1.93. The van der Waals surface area contributed by atoms with E-state index in [1.54, 1.807) is 13.0 Å². The summed E-state index contributed by atoms with van der Waals surface area (Å²) >= 11 is 5.60. The van der Waals surface area contributed by atoms with E-state index in [1.807, 2.05) is 6.07 Å². The summed E-state index contributed by atoms with van der Waals surface area (Å²) in [5.74, 6) is 0. The molecule has 0 amide bonds. The van der Waals surface area contributed by atoms with E-state index in [0.29, 0.717) is 5.03 Å². The van der Waals surface area contributed by atoms with Crippen molar-refractivity contribution in [3.05, 3.63) is 35.4 Å². The van der Waals surface area contributed by atoms with Crippen LogP contribution in [-0.2, 0) is 0 Å². The van der Waals surface area contributed by atoms with Gasteiger partial charge in [0.15, 0.2) is 0 Å². The van der Waals surface area contributed by atoms with Crippen LogP contribution in [0.5, 0.6) is 0 Å². The van der Waals surface area contributed by atoms with Crippen LogP contribution in [0.25, 0.3) is 0 Å². The molecule has 0 aromatic heterocycles. The highest BCUT2D eigenvalue weighted by Crippen LogP contribution is 2.13. The first-order valence-corrected chi connectivity index (χ1v) is 3.08. The Morgan fingerprint density at radius 2 is 2.10 bits per heavy atom. The minimum atomic E-state index is 0.268. The maximum atomic E-state index is 8.31. The molecule has 0 aliphatic rings. The van der Waals surface area contributed by atoms with Crippen molar-refractivity contribution in [1.29, 1.82) is 5.26 Å². The van der Waals surface area contributed by atoms with Gasteiger partial charge >= 0.3 is 0 Å². The number of nitriles is 1. The normalized spacial score (nSPS) is 10.3. The molecule has 0 fully saturated rings. The summed E-state index contributed by atoms with van der Waals surface area (Å²) in [5.41, 5.74) is 1.08. The van der Waals surface area contributed by atoms with Crippen molar-refractivity contribution in [1.82, 2.24) is 0 Å². The van der Waals surface area contributed by atoms with E-state index in [0.717, 1.165) is 5.57 Å². The van der Waals surface area contributed by atoms with E-state index in [1.165, 1.54) is 0 Å². The van der Waals surface area contributed by atoms with Gasteiger partial charge in [-0.25, -0.2) is 0 Å². The van der Waals surface area contributed by atoms with Gasteiger partial charge in [0.25, 0.3) is 0 Å². The first kappa shape index (κ1) is 9.00. The predicted octanol–water partition coefficient (Wildman–Crippen LogP) is 2.76. The van der Waals surface area contributed by atoms with Crippen molar-refractivity contribution < 1.29 is 0 Å². The van der Waals surface area contributed by atoms with Crippen molar-refractivity contribution in [2.75, 3.05) is 0 Å². The molecular weight excluding hydrogens is 146 g/mol. The van der Waals surface area contributed by atoms with Crippen LogP contribution in [0.15, 0.2) is 35.4 Å². The fraction of sp³-hybridized carbons (Fsp3) is 0.125. The Morgan fingerprint density at radius 1 is 1.60 bits per heavy atom. The van der Waals surface area contributed by atoms with Crippen molar-refractivity contribution in [2.24, 2.45) is 0 Å². The van der Waals surface area contributed by atoms with Crippen LogP contribution in [0.1, 0.15) is 6.92 Å². The molecule has 52 valence electrons. The largest absolute Gasteiger partial charge is 0.192 e. The summed E-state index contributed by atoms with van der Waals surface area (Å²) in [6.45, 7) is 8.82. The predicted molar refractivity (Wildman–Crippen MR) is 43.5 cm³/mol. The molecule has 0 saturated carbocycles. The number of rotatable bonds is 2. The molecule has 0 unspecified atom stereocenters. The lowest BCUT2D eigenvalue weighted by molar-refractivity contribution is 1.48. The molecule has 0 radical (unpaired) electrons. The van der Waals surface area contributed by atoms with Gasteiger partial charge in [0.05, 0.1) is 10.6 Å². The Hall–Kier alpha value is -1.00. The molecule has 0 saturated heterocycles. The molecule has 0 rings (SSSR count). The Bertz CT molecular complexity index is 230. The van der Waals surface area contributed by atoms with Gasteiger partial charge in [0.2, 0.25) is 0 Å². The SMILES string of the molecule is C=C(C)/C=C(/Cl)C(=C)C#N. The molecule has 0 heterocycles. The van der Waals surface area contributed by atoms with E-state index in [9.17, 15) is 0 Å². The lowest BCUT2D eigenvalue weighted by atomic mass is 10.2. The van der Waals surface area contributed by atoms with E-state index < -0.39 is 0 Å². The molecule has 0 spiro atoms. The number of hydrogen-bond donors (Lipinski definition) is 0. The Balaban J connectivity index is 4.38. The lowest BCUT2D eigenvalue weighted by Crippen LogP contribution is -1.75. The van der Waals surface area contributed by atoms with Crippen LogP contribution in [0.4, 0.5) is 0 Å². The first-order valence-electron chi connectivity index (χ1n) is 2.70. The second kappa shape index (κ2) is 3.92. The van der Waals surface area contributed by atoms with E-state index in [-0.39, 0.29) is 5.57 Å². The third-order valence-corrected chi connectivity index (χ3v) is 1.13. The number of halogens is 1. The molecule has 0 atom stereocenters. The summed E-state index contributed by atoms with van der Waals surface area (Å²) in [6, 6.07) is 1.83. The number of nitrogens with zero attached hydrogens (tertiary/aromatic N) is 1. The van der Waals surface area contributed by atoms with Crippen molar-refractivity contribution in [3.63, 3.8) is 0 Å². The molecule has 0 bridgehead atoms. The van der Waals surface area contributed by atoms with Crippen molar-refractivity contribution in [2.45, 2.75) is 6.92 Å². The number of allylic oxidation sites excluding steroid dienone is 4. The van der Waals surface area contributed by atoms with E-state index >= 15 is 0 Å². The van der Waals surface area contributed by atoms with Gasteiger partial charge in [-0.3, -0.25) is 0 Å². The van der Waals surface area contributed by atoms with Crippen LogP contribution in [0.2, 0.25) is 0 Å². The summed E-state index contributed by atoms with van der Waals surface area (Å²) in [7, 11) is 0. The Labute approximate surface area is 65.9 Å². The molecular formula is C8H8ClN. The highest BCUT2D eigenvalue weighted by Gasteiger charge is 1.95. The Kier molecular flexibility index (Phi) is 3.53. The smallest absolute Gasteiger partial charge is 0.100 e. The van der Waals surface area contributed by atoms with Crippen molar-refractivity contribution in [3.8, 4) is 6.07 Å². The Morgan fingerprint density at radius 3 is 2.40 bits per heavy atom. The maximum Gasteiger partial charge on any atom is 0.100 e. The molecule has 0 aliphatic carbocycles. The summed E-state index contributed by atoms with van der Waals surface area (Å²) < 4.78 is 0. The molecule has 2 heteroatoms. The van der Waals surface area contributed by atoms with Crippen LogP contribution in [0, 0.1) is 11.3 Å². The van der Waals surface area contributed by atoms with Gasteiger partial charge in [-0.2, -0.15) is 5.26 Å².